The molecule has 3 N–H and O–H groups in total. The number of aliphatic hydroxyl groups is 1. The van der Waals surface area contributed by atoms with Gasteiger partial charge in [-0.3, -0.25) is 0 Å². The van der Waals surface area contributed by atoms with Gasteiger partial charge in [0, 0.05) is 6.54 Å². The highest BCUT2D eigenvalue weighted by molar-refractivity contribution is 5.00. The summed E-state index contributed by atoms with van der Waals surface area (Å²) in [5.74, 6) is 1.99. The van der Waals surface area contributed by atoms with Gasteiger partial charge in [0.1, 0.15) is 0 Å². The standard InChI is InChI=1S/C16H34N2O/c1-13(2)7-9-18(10-8-14(3)4)11-16(17,12-19)15-5-6-15/h13-15,19H,5-12,17H2,1-4H3. The zero-order valence-electron chi connectivity index (χ0n) is 13.4. The third-order valence-electron chi connectivity index (χ3n) is 4.25. The summed E-state index contributed by atoms with van der Waals surface area (Å²) in [5, 5.41) is 9.65. The summed E-state index contributed by atoms with van der Waals surface area (Å²) in [6.45, 7) is 12.3. The van der Waals surface area contributed by atoms with Gasteiger partial charge in [-0.2, -0.15) is 0 Å². The summed E-state index contributed by atoms with van der Waals surface area (Å²) in [7, 11) is 0. The lowest BCUT2D eigenvalue weighted by Crippen LogP contribution is -2.55. The van der Waals surface area contributed by atoms with Crippen molar-refractivity contribution in [3.63, 3.8) is 0 Å². The maximum Gasteiger partial charge on any atom is 0.0626 e. The Hall–Kier alpha value is -0.120. The highest BCUT2D eigenvalue weighted by Gasteiger charge is 2.42. The largest absolute Gasteiger partial charge is 0.394 e. The maximum atomic E-state index is 9.65. The lowest BCUT2D eigenvalue weighted by Gasteiger charge is -2.35. The zero-order chi connectivity index (χ0) is 14.5. The van der Waals surface area contributed by atoms with E-state index in [1.807, 2.05) is 0 Å². The van der Waals surface area contributed by atoms with Crippen LogP contribution in [0.4, 0.5) is 0 Å². The van der Waals surface area contributed by atoms with E-state index < -0.39 is 0 Å². The molecule has 1 saturated carbocycles. The summed E-state index contributed by atoms with van der Waals surface area (Å²) >= 11 is 0. The minimum Gasteiger partial charge on any atom is -0.394 e. The van der Waals surface area contributed by atoms with E-state index in [0.29, 0.717) is 5.92 Å². The van der Waals surface area contributed by atoms with Crippen molar-refractivity contribution in [1.82, 2.24) is 4.90 Å². The first kappa shape index (κ1) is 16.9. The molecule has 0 aromatic heterocycles. The second-order valence-electron chi connectivity index (χ2n) is 7.31. The molecule has 0 amide bonds. The van der Waals surface area contributed by atoms with Crippen molar-refractivity contribution in [2.24, 2.45) is 23.5 Å². The Morgan fingerprint density at radius 2 is 1.58 bits per heavy atom. The van der Waals surface area contributed by atoms with Crippen LogP contribution in [0.1, 0.15) is 53.4 Å². The Kier molecular flexibility index (Phi) is 6.78. The Labute approximate surface area is 119 Å². The first-order valence-corrected chi connectivity index (χ1v) is 7.99. The fraction of sp³-hybridized carbons (Fsp3) is 1.00. The lowest BCUT2D eigenvalue weighted by atomic mass is 9.94. The van der Waals surface area contributed by atoms with E-state index >= 15 is 0 Å². The second-order valence-corrected chi connectivity index (χ2v) is 7.31. The highest BCUT2D eigenvalue weighted by atomic mass is 16.3. The van der Waals surface area contributed by atoms with E-state index in [0.717, 1.165) is 31.5 Å². The number of aliphatic hydroxyl groups excluding tert-OH is 1. The highest BCUT2D eigenvalue weighted by Crippen LogP contribution is 2.38. The smallest absolute Gasteiger partial charge is 0.0626 e. The van der Waals surface area contributed by atoms with Crippen LogP contribution in [0.15, 0.2) is 0 Å². The van der Waals surface area contributed by atoms with E-state index in [-0.39, 0.29) is 12.1 Å². The number of rotatable bonds is 10. The van der Waals surface area contributed by atoms with Crippen LogP contribution in [0, 0.1) is 17.8 Å². The van der Waals surface area contributed by atoms with Crippen LogP contribution < -0.4 is 5.73 Å². The molecule has 0 aromatic rings. The summed E-state index contributed by atoms with van der Waals surface area (Å²) in [6, 6.07) is 0. The molecule has 19 heavy (non-hydrogen) atoms. The predicted octanol–water partition coefficient (Wildman–Crippen LogP) is 2.48. The Morgan fingerprint density at radius 1 is 1.11 bits per heavy atom. The van der Waals surface area contributed by atoms with Gasteiger partial charge in [0.05, 0.1) is 12.1 Å². The molecule has 1 unspecified atom stereocenters. The Bertz CT molecular complexity index is 239. The predicted molar refractivity (Wildman–Crippen MR) is 82.1 cm³/mol. The monoisotopic (exact) mass is 270 g/mol. The van der Waals surface area contributed by atoms with Gasteiger partial charge in [-0.1, -0.05) is 27.7 Å². The van der Waals surface area contributed by atoms with Crippen molar-refractivity contribution in [1.29, 1.82) is 0 Å². The normalized spacial score (nSPS) is 19.4. The average molecular weight is 270 g/mol. The van der Waals surface area contributed by atoms with Crippen molar-refractivity contribution in [2.45, 2.75) is 58.9 Å². The van der Waals surface area contributed by atoms with Gasteiger partial charge in [-0.05, 0) is 56.5 Å². The Morgan fingerprint density at radius 3 is 1.89 bits per heavy atom. The van der Waals surface area contributed by atoms with E-state index in [4.69, 9.17) is 5.73 Å². The van der Waals surface area contributed by atoms with E-state index in [1.165, 1.54) is 25.7 Å². The second kappa shape index (κ2) is 7.61. The van der Waals surface area contributed by atoms with E-state index in [9.17, 15) is 5.11 Å². The molecule has 1 aliphatic rings. The lowest BCUT2D eigenvalue weighted by molar-refractivity contribution is 0.114. The molecule has 0 aliphatic heterocycles. The van der Waals surface area contributed by atoms with E-state index in [1.54, 1.807) is 0 Å². The fourth-order valence-corrected chi connectivity index (χ4v) is 2.53. The van der Waals surface area contributed by atoms with Gasteiger partial charge in [-0.15, -0.1) is 0 Å². The molecule has 0 heterocycles. The molecule has 1 rings (SSSR count). The van der Waals surface area contributed by atoms with E-state index in [2.05, 4.69) is 32.6 Å². The summed E-state index contributed by atoms with van der Waals surface area (Å²) in [4.78, 5) is 2.48. The molecule has 1 atom stereocenters. The quantitative estimate of drug-likeness (QED) is 0.641. The fourth-order valence-electron chi connectivity index (χ4n) is 2.53. The third-order valence-corrected chi connectivity index (χ3v) is 4.25. The molecule has 3 nitrogen and oxygen atoms in total. The molecule has 0 bridgehead atoms. The van der Waals surface area contributed by atoms with Crippen molar-refractivity contribution in [2.75, 3.05) is 26.2 Å². The first-order chi connectivity index (χ1) is 8.87. The van der Waals surface area contributed by atoms with Gasteiger partial charge >= 0.3 is 0 Å². The van der Waals surface area contributed by atoms with Gasteiger partial charge in [0.15, 0.2) is 0 Å². The molecule has 0 saturated heterocycles. The molecule has 114 valence electrons. The van der Waals surface area contributed by atoms with Crippen LogP contribution >= 0.6 is 0 Å². The number of hydrogen-bond donors (Lipinski definition) is 2. The van der Waals surface area contributed by atoms with Crippen molar-refractivity contribution >= 4 is 0 Å². The summed E-state index contributed by atoms with van der Waals surface area (Å²) in [6.07, 6.45) is 4.81. The van der Waals surface area contributed by atoms with Gasteiger partial charge < -0.3 is 15.7 Å². The first-order valence-electron chi connectivity index (χ1n) is 7.99. The number of hydrogen-bond acceptors (Lipinski definition) is 3. The zero-order valence-corrected chi connectivity index (χ0v) is 13.4. The van der Waals surface area contributed by atoms with Crippen LogP contribution in [0.5, 0.6) is 0 Å². The SMILES string of the molecule is CC(C)CCN(CCC(C)C)CC(N)(CO)C1CC1. The molecule has 0 aromatic carbocycles. The van der Waals surface area contributed by atoms with Crippen LogP contribution in [0.2, 0.25) is 0 Å². The average Bonchev–Trinajstić information content (AvgIpc) is 3.16. The molecular weight excluding hydrogens is 236 g/mol. The van der Waals surface area contributed by atoms with Crippen LogP contribution in [-0.2, 0) is 0 Å². The van der Waals surface area contributed by atoms with Gasteiger partial charge in [0.2, 0.25) is 0 Å². The van der Waals surface area contributed by atoms with Crippen molar-refractivity contribution in [3.05, 3.63) is 0 Å². The van der Waals surface area contributed by atoms with Crippen molar-refractivity contribution in [3.8, 4) is 0 Å². The molecular formula is C16H34N2O. The topological polar surface area (TPSA) is 49.5 Å². The van der Waals surface area contributed by atoms with Gasteiger partial charge in [-0.25, -0.2) is 0 Å². The van der Waals surface area contributed by atoms with Crippen molar-refractivity contribution < 1.29 is 5.11 Å². The van der Waals surface area contributed by atoms with Crippen LogP contribution in [0.3, 0.4) is 0 Å². The summed E-state index contributed by atoms with van der Waals surface area (Å²) < 4.78 is 0. The minimum atomic E-state index is -0.367. The molecule has 0 radical (unpaired) electrons. The molecule has 1 fully saturated rings. The number of nitrogens with two attached hydrogens (primary N) is 1. The van der Waals surface area contributed by atoms with Crippen LogP contribution in [0.25, 0.3) is 0 Å². The third kappa shape index (κ3) is 6.24. The minimum absolute atomic E-state index is 0.123. The Balaban J connectivity index is 2.50. The molecule has 0 spiro atoms. The number of nitrogens with zero attached hydrogens (tertiary/aromatic N) is 1. The van der Waals surface area contributed by atoms with Gasteiger partial charge in [0.25, 0.3) is 0 Å². The molecule has 3 heteroatoms. The molecule has 1 aliphatic carbocycles. The maximum absolute atomic E-state index is 9.65. The summed E-state index contributed by atoms with van der Waals surface area (Å²) in [5.41, 5.74) is 6.06. The van der Waals surface area contributed by atoms with Crippen LogP contribution in [-0.4, -0.2) is 41.8 Å².